The molecule has 0 aromatic carbocycles. The second-order valence-electron chi connectivity index (χ2n) is 4.30. The summed E-state index contributed by atoms with van der Waals surface area (Å²) in [6, 6.07) is 3.95. The molecule has 0 N–H and O–H groups in total. The average Bonchev–Trinajstić information content (AvgIpc) is 2.24. The molecule has 0 spiro atoms. The van der Waals surface area contributed by atoms with Gasteiger partial charge in [0.2, 0.25) is 5.88 Å². The van der Waals surface area contributed by atoms with Gasteiger partial charge in [-0.05, 0) is 37.3 Å². The van der Waals surface area contributed by atoms with E-state index in [9.17, 15) is 0 Å². The smallest absolute Gasteiger partial charge is 0.231 e. The summed E-state index contributed by atoms with van der Waals surface area (Å²) in [5.41, 5.74) is 1.46. The maximum absolute atomic E-state index is 8.97. The Morgan fingerprint density at radius 3 is 2.88 bits per heavy atom. The second-order valence-corrected chi connectivity index (χ2v) is 4.30. The van der Waals surface area contributed by atoms with Crippen LogP contribution in [0.25, 0.3) is 0 Å². The minimum atomic E-state index is 0.464. The van der Waals surface area contributed by atoms with Crippen LogP contribution in [0.2, 0.25) is 0 Å². The molecule has 1 aromatic rings. The van der Waals surface area contributed by atoms with Crippen molar-refractivity contribution in [3.63, 3.8) is 0 Å². The van der Waals surface area contributed by atoms with Gasteiger partial charge in [0, 0.05) is 6.20 Å². The first-order valence-electron chi connectivity index (χ1n) is 5.63. The molecule has 1 heterocycles. The zero-order valence-corrected chi connectivity index (χ0v) is 10.2. The van der Waals surface area contributed by atoms with E-state index in [4.69, 9.17) is 10.00 Å². The van der Waals surface area contributed by atoms with E-state index in [1.165, 1.54) is 0 Å². The maximum Gasteiger partial charge on any atom is 0.231 e. The third-order valence-electron chi connectivity index (χ3n) is 2.40. The van der Waals surface area contributed by atoms with Gasteiger partial charge in [-0.25, -0.2) is 4.98 Å². The van der Waals surface area contributed by atoms with Gasteiger partial charge in [-0.3, -0.25) is 0 Å². The van der Waals surface area contributed by atoms with Crippen molar-refractivity contribution >= 4 is 0 Å². The standard InChI is InChI=1S/C13H18N2O/c1-10(2)5-4-8-16-13-12(9-14)11(3)6-7-15-13/h6-7,10H,4-5,8H2,1-3H3. The van der Waals surface area contributed by atoms with Crippen molar-refractivity contribution < 1.29 is 4.74 Å². The van der Waals surface area contributed by atoms with Gasteiger partial charge >= 0.3 is 0 Å². The van der Waals surface area contributed by atoms with Crippen molar-refractivity contribution in [1.82, 2.24) is 4.98 Å². The van der Waals surface area contributed by atoms with Crippen LogP contribution in [0, 0.1) is 24.2 Å². The fraction of sp³-hybridized carbons (Fsp3) is 0.538. The highest BCUT2D eigenvalue weighted by molar-refractivity contribution is 5.43. The Morgan fingerprint density at radius 2 is 2.25 bits per heavy atom. The molecular formula is C13H18N2O. The monoisotopic (exact) mass is 218 g/mol. The highest BCUT2D eigenvalue weighted by atomic mass is 16.5. The molecule has 0 fully saturated rings. The summed E-state index contributed by atoms with van der Waals surface area (Å²) in [6.07, 6.45) is 3.81. The highest BCUT2D eigenvalue weighted by Gasteiger charge is 2.07. The number of nitrogens with zero attached hydrogens (tertiary/aromatic N) is 2. The zero-order chi connectivity index (χ0) is 12.0. The summed E-state index contributed by atoms with van der Waals surface area (Å²) >= 11 is 0. The first-order chi connectivity index (χ1) is 7.65. The lowest BCUT2D eigenvalue weighted by atomic mass is 10.1. The summed E-state index contributed by atoms with van der Waals surface area (Å²) in [5.74, 6) is 1.15. The van der Waals surface area contributed by atoms with E-state index in [0.717, 1.165) is 18.4 Å². The Morgan fingerprint density at radius 1 is 1.50 bits per heavy atom. The Bertz CT molecular complexity index is 380. The van der Waals surface area contributed by atoms with Crippen molar-refractivity contribution in [3.8, 4) is 11.9 Å². The lowest BCUT2D eigenvalue weighted by Crippen LogP contribution is -2.03. The number of hydrogen-bond donors (Lipinski definition) is 0. The Labute approximate surface area is 97.1 Å². The fourth-order valence-corrected chi connectivity index (χ4v) is 1.44. The summed E-state index contributed by atoms with van der Waals surface area (Å²) < 4.78 is 5.53. The summed E-state index contributed by atoms with van der Waals surface area (Å²) in [4.78, 5) is 4.08. The summed E-state index contributed by atoms with van der Waals surface area (Å²) in [7, 11) is 0. The molecule has 86 valence electrons. The molecule has 0 saturated heterocycles. The van der Waals surface area contributed by atoms with Crippen molar-refractivity contribution in [2.75, 3.05) is 6.61 Å². The second kappa shape index (κ2) is 6.12. The molecule has 0 aliphatic rings. The molecule has 16 heavy (non-hydrogen) atoms. The van der Waals surface area contributed by atoms with Gasteiger partial charge in [0.15, 0.2) is 0 Å². The Balaban J connectivity index is 2.54. The summed E-state index contributed by atoms with van der Waals surface area (Å²) in [5, 5.41) is 8.97. The number of ether oxygens (including phenoxy) is 1. The SMILES string of the molecule is Cc1ccnc(OCCCC(C)C)c1C#N. The van der Waals surface area contributed by atoms with Crippen molar-refractivity contribution in [3.05, 3.63) is 23.4 Å². The van der Waals surface area contributed by atoms with E-state index in [-0.39, 0.29) is 0 Å². The van der Waals surface area contributed by atoms with Crippen LogP contribution in [-0.2, 0) is 0 Å². The lowest BCUT2D eigenvalue weighted by molar-refractivity contribution is 0.286. The Kier molecular flexibility index (Phi) is 4.78. The van der Waals surface area contributed by atoms with E-state index in [2.05, 4.69) is 24.9 Å². The molecule has 0 aliphatic carbocycles. The number of hydrogen-bond acceptors (Lipinski definition) is 3. The molecule has 3 heteroatoms. The van der Waals surface area contributed by atoms with Crippen molar-refractivity contribution in [1.29, 1.82) is 5.26 Å². The molecule has 0 saturated carbocycles. The van der Waals surface area contributed by atoms with Gasteiger partial charge in [-0.2, -0.15) is 5.26 Å². The number of nitriles is 1. The van der Waals surface area contributed by atoms with Crippen LogP contribution in [0.3, 0.4) is 0 Å². The van der Waals surface area contributed by atoms with E-state index in [0.29, 0.717) is 24.0 Å². The van der Waals surface area contributed by atoms with E-state index < -0.39 is 0 Å². The largest absolute Gasteiger partial charge is 0.477 e. The third-order valence-corrected chi connectivity index (χ3v) is 2.40. The van der Waals surface area contributed by atoms with Gasteiger partial charge < -0.3 is 4.74 Å². The molecular weight excluding hydrogens is 200 g/mol. The van der Waals surface area contributed by atoms with Crippen LogP contribution in [0.1, 0.15) is 37.8 Å². The van der Waals surface area contributed by atoms with Gasteiger partial charge in [-0.1, -0.05) is 13.8 Å². The van der Waals surface area contributed by atoms with Gasteiger partial charge in [0.25, 0.3) is 0 Å². The highest BCUT2D eigenvalue weighted by Crippen LogP contribution is 2.18. The predicted molar refractivity (Wildman–Crippen MR) is 63.3 cm³/mol. The van der Waals surface area contributed by atoms with Crippen LogP contribution in [0.4, 0.5) is 0 Å². The number of rotatable bonds is 5. The predicted octanol–water partition coefficient (Wildman–Crippen LogP) is 3.08. The lowest BCUT2D eigenvalue weighted by Gasteiger charge is -2.08. The number of aryl methyl sites for hydroxylation is 1. The third kappa shape index (κ3) is 3.54. The van der Waals surface area contributed by atoms with Crippen LogP contribution in [-0.4, -0.2) is 11.6 Å². The fourth-order valence-electron chi connectivity index (χ4n) is 1.44. The topological polar surface area (TPSA) is 45.9 Å². The van der Waals surface area contributed by atoms with Crippen LogP contribution >= 0.6 is 0 Å². The molecule has 0 radical (unpaired) electrons. The van der Waals surface area contributed by atoms with Gasteiger partial charge in [0.1, 0.15) is 11.6 Å². The maximum atomic E-state index is 8.97. The van der Waals surface area contributed by atoms with Crippen LogP contribution in [0.15, 0.2) is 12.3 Å². The molecule has 0 unspecified atom stereocenters. The minimum absolute atomic E-state index is 0.464. The molecule has 1 aromatic heterocycles. The molecule has 0 aliphatic heterocycles. The van der Waals surface area contributed by atoms with Gasteiger partial charge in [-0.15, -0.1) is 0 Å². The van der Waals surface area contributed by atoms with Crippen molar-refractivity contribution in [2.45, 2.75) is 33.6 Å². The summed E-state index contributed by atoms with van der Waals surface area (Å²) in [6.45, 7) is 6.89. The van der Waals surface area contributed by atoms with E-state index in [1.54, 1.807) is 6.20 Å². The first kappa shape index (κ1) is 12.5. The van der Waals surface area contributed by atoms with Gasteiger partial charge in [0.05, 0.1) is 6.61 Å². The first-order valence-corrected chi connectivity index (χ1v) is 5.63. The van der Waals surface area contributed by atoms with Crippen molar-refractivity contribution in [2.24, 2.45) is 5.92 Å². The minimum Gasteiger partial charge on any atom is -0.477 e. The molecule has 1 rings (SSSR count). The van der Waals surface area contributed by atoms with E-state index >= 15 is 0 Å². The average molecular weight is 218 g/mol. The van der Waals surface area contributed by atoms with Crippen LogP contribution in [0.5, 0.6) is 5.88 Å². The molecule has 0 amide bonds. The Hall–Kier alpha value is -1.56. The van der Waals surface area contributed by atoms with E-state index in [1.807, 2.05) is 13.0 Å². The van der Waals surface area contributed by atoms with Crippen LogP contribution < -0.4 is 4.74 Å². The molecule has 0 atom stereocenters. The number of pyridine rings is 1. The molecule has 3 nitrogen and oxygen atoms in total. The number of aromatic nitrogens is 1. The zero-order valence-electron chi connectivity index (χ0n) is 10.2. The normalized spacial score (nSPS) is 10.2. The quantitative estimate of drug-likeness (QED) is 0.713. The molecule has 0 bridgehead atoms.